The monoisotopic (exact) mass is 166 g/mol. The number of benzene rings is 1. The fourth-order valence-electron chi connectivity index (χ4n) is 1.10. The van der Waals surface area contributed by atoms with Crippen molar-refractivity contribution in [2.45, 2.75) is 6.54 Å². The molecule has 0 aromatic heterocycles. The first kappa shape index (κ1) is 7.17. The second kappa shape index (κ2) is 2.53. The predicted molar refractivity (Wildman–Crippen MR) is 40.6 cm³/mol. The van der Waals surface area contributed by atoms with Crippen molar-refractivity contribution in [1.29, 1.82) is 0 Å². The number of hydrogen-bond donors (Lipinski definition) is 1. The van der Waals surface area contributed by atoms with Crippen molar-refractivity contribution >= 4 is 5.69 Å². The Balaban J connectivity index is 2.53. The lowest BCUT2D eigenvalue weighted by Crippen LogP contribution is -2.26. The van der Waals surface area contributed by atoms with Gasteiger partial charge < -0.3 is 0 Å². The van der Waals surface area contributed by atoms with Crippen molar-refractivity contribution in [1.82, 2.24) is 5.12 Å². The Kier molecular flexibility index (Phi) is 1.51. The minimum atomic E-state index is -0.290. The highest BCUT2D eigenvalue weighted by atomic mass is 19.1. The Labute approximate surface area is 68.4 Å². The second-order valence-corrected chi connectivity index (χ2v) is 2.52. The molecule has 2 N–H and O–H groups in total. The third kappa shape index (κ3) is 1.04. The van der Waals surface area contributed by atoms with E-state index in [1.807, 2.05) is 0 Å². The van der Waals surface area contributed by atoms with Gasteiger partial charge in [-0.2, -0.15) is 0 Å². The summed E-state index contributed by atoms with van der Waals surface area (Å²) in [5.41, 5.74) is 1.05. The van der Waals surface area contributed by atoms with Gasteiger partial charge in [-0.05, 0) is 12.1 Å². The van der Waals surface area contributed by atoms with E-state index in [-0.39, 0.29) is 12.4 Å². The number of hydrazine groups is 1. The maximum absolute atomic E-state index is 13.1. The molecular formula is C7H7FN4. The molecule has 0 bridgehead atoms. The summed E-state index contributed by atoms with van der Waals surface area (Å²) in [6.07, 6.45) is 0. The van der Waals surface area contributed by atoms with E-state index in [0.29, 0.717) is 11.3 Å². The molecule has 0 aliphatic carbocycles. The predicted octanol–water partition coefficient (Wildman–Crippen LogP) is 1.51. The summed E-state index contributed by atoms with van der Waals surface area (Å²) >= 11 is 0. The first-order valence-electron chi connectivity index (χ1n) is 3.48. The average molecular weight is 166 g/mol. The fourth-order valence-corrected chi connectivity index (χ4v) is 1.10. The largest absolute Gasteiger partial charge is 0.230 e. The Bertz CT molecular complexity index is 336. The highest BCUT2D eigenvalue weighted by molar-refractivity contribution is 5.46. The third-order valence-corrected chi connectivity index (χ3v) is 1.68. The highest BCUT2D eigenvalue weighted by Crippen LogP contribution is 2.26. The molecule has 1 aliphatic heterocycles. The standard InChI is InChI=1S/C7H7FN4/c8-6-2-1-3-7-5(6)4-12(9)11-10-7/h1-3H,4,9H2. The molecule has 0 atom stereocenters. The molecular weight excluding hydrogens is 159 g/mol. The van der Waals surface area contributed by atoms with Gasteiger partial charge >= 0.3 is 0 Å². The summed E-state index contributed by atoms with van der Waals surface area (Å²) in [7, 11) is 0. The van der Waals surface area contributed by atoms with Crippen molar-refractivity contribution in [3.63, 3.8) is 0 Å². The van der Waals surface area contributed by atoms with E-state index in [0.717, 1.165) is 5.12 Å². The van der Waals surface area contributed by atoms with E-state index < -0.39 is 0 Å². The van der Waals surface area contributed by atoms with Crippen LogP contribution in [0, 0.1) is 5.82 Å². The van der Waals surface area contributed by atoms with Crippen LogP contribution >= 0.6 is 0 Å². The molecule has 62 valence electrons. The average Bonchev–Trinajstić information content (AvgIpc) is 2.07. The fraction of sp³-hybridized carbons (Fsp3) is 0.143. The Morgan fingerprint density at radius 1 is 1.50 bits per heavy atom. The topological polar surface area (TPSA) is 54.0 Å². The van der Waals surface area contributed by atoms with E-state index in [2.05, 4.69) is 10.3 Å². The first-order valence-corrected chi connectivity index (χ1v) is 3.48. The van der Waals surface area contributed by atoms with Crippen LogP contribution in [0.25, 0.3) is 0 Å². The van der Waals surface area contributed by atoms with Crippen LogP contribution in [-0.4, -0.2) is 5.12 Å². The van der Waals surface area contributed by atoms with Crippen molar-refractivity contribution in [2.75, 3.05) is 0 Å². The Morgan fingerprint density at radius 2 is 2.33 bits per heavy atom. The summed E-state index contributed by atoms with van der Waals surface area (Å²) in [6.45, 7) is 0.269. The minimum absolute atomic E-state index is 0.269. The Morgan fingerprint density at radius 3 is 3.17 bits per heavy atom. The van der Waals surface area contributed by atoms with Crippen molar-refractivity contribution in [2.24, 2.45) is 16.2 Å². The van der Waals surface area contributed by atoms with Gasteiger partial charge in [-0.1, -0.05) is 11.3 Å². The summed E-state index contributed by atoms with van der Waals surface area (Å²) in [5, 5.41) is 8.41. The van der Waals surface area contributed by atoms with E-state index in [4.69, 9.17) is 5.84 Å². The first-order chi connectivity index (χ1) is 5.77. The van der Waals surface area contributed by atoms with Crippen LogP contribution in [0.2, 0.25) is 0 Å². The van der Waals surface area contributed by atoms with Crippen LogP contribution in [0.15, 0.2) is 28.5 Å². The number of rotatable bonds is 0. The smallest absolute Gasteiger partial charge is 0.130 e. The summed E-state index contributed by atoms with van der Waals surface area (Å²) in [6, 6.07) is 4.68. The van der Waals surface area contributed by atoms with Crippen LogP contribution < -0.4 is 5.84 Å². The van der Waals surface area contributed by atoms with Gasteiger partial charge in [0.05, 0.1) is 12.2 Å². The molecule has 1 heterocycles. The van der Waals surface area contributed by atoms with Crippen LogP contribution in [0.3, 0.4) is 0 Å². The van der Waals surface area contributed by atoms with E-state index in [9.17, 15) is 4.39 Å². The lowest BCUT2D eigenvalue weighted by atomic mass is 10.1. The van der Waals surface area contributed by atoms with Crippen LogP contribution in [-0.2, 0) is 6.54 Å². The molecule has 0 radical (unpaired) electrons. The van der Waals surface area contributed by atoms with Gasteiger partial charge in [0.15, 0.2) is 0 Å². The highest BCUT2D eigenvalue weighted by Gasteiger charge is 2.13. The number of hydrogen-bond acceptors (Lipinski definition) is 4. The van der Waals surface area contributed by atoms with E-state index in [1.165, 1.54) is 6.07 Å². The lowest BCUT2D eigenvalue weighted by molar-refractivity contribution is 0.257. The van der Waals surface area contributed by atoms with Gasteiger partial charge in [-0.3, -0.25) is 0 Å². The molecule has 1 aromatic rings. The van der Waals surface area contributed by atoms with Crippen molar-refractivity contribution < 1.29 is 4.39 Å². The summed E-state index contributed by atoms with van der Waals surface area (Å²) < 4.78 is 13.1. The normalized spacial score (nSPS) is 14.7. The minimum Gasteiger partial charge on any atom is -0.230 e. The molecule has 1 aliphatic rings. The molecule has 4 nitrogen and oxygen atoms in total. The molecule has 0 saturated heterocycles. The van der Waals surface area contributed by atoms with Gasteiger partial charge in [-0.15, -0.1) is 5.11 Å². The maximum Gasteiger partial charge on any atom is 0.130 e. The van der Waals surface area contributed by atoms with Gasteiger partial charge in [-0.25, -0.2) is 15.4 Å². The zero-order valence-corrected chi connectivity index (χ0v) is 6.24. The molecule has 5 heteroatoms. The third-order valence-electron chi connectivity index (χ3n) is 1.68. The van der Waals surface area contributed by atoms with E-state index >= 15 is 0 Å². The van der Waals surface area contributed by atoms with Crippen molar-refractivity contribution in [3.05, 3.63) is 29.6 Å². The van der Waals surface area contributed by atoms with Crippen LogP contribution in [0.4, 0.5) is 10.1 Å². The number of nitrogens with two attached hydrogens (primary N) is 1. The molecule has 0 amide bonds. The quantitative estimate of drug-likeness (QED) is 0.594. The van der Waals surface area contributed by atoms with Gasteiger partial charge in [0.2, 0.25) is 0 Å². The Hall–Kier alpha value is -1.49. The number of fused-ring (bicyclic) bond motifs is 1. The maximum atomic E-state index is 13.1. The lowest BCUT2D eigenvalue weighted by Gasteiger charge is -2.16. The molecule has 0 unspecified atom stereocenters. The summed E-state index contributed by atoms with van der Waals surface area (Å²) in [5.74, 6) is 5.03. The molecule has 0 fully saturated rings. The van der Waals surface area contributed by atoms with Crippen LogP contribution in [0.1, 0.15) is 5.56 Å². The van der Waals surface area contributed by atoms with Gasteiger partial charge in [0.25, 0.3) is 0 Å². The van der Waals surface area contributed by atoms with Gasteiger partial charge in [0, 0.05) is 5.56 Å². The zero-order chi connectivity index (χ0) is 8.55. The molecule has 1 aromatic carbocycles. The van der Waals surface area contributed by atoms with Gasteiger partial charge in [0.1, 0.15) is 5.82 Å². The molecule has 0 spiro atoms. The number of halogens is 1. The molecule has 2 rings (SSSR count). The molecule has 12 heavy (non-hydrogen) atoms. The number of nitrogens with zero attached hydrogens (tertiary/aromatic N) is 3. The molecule has 0 saturated carbocycles. The summed E-state index contributed by atoms with van der Waals surface area (Å²) in [4.78, 5) is 0. The zero-order valence-electron chi connectivity index (χ0n) is 6.24. The van der Waals surface area contributed by atoms with Crippen molar-refractivity contribution in [3.8, 4) is 0 Å². The van der Waals surface area contributed by atoms with E-state index in [1.54, 1.807) is 12.1 Å². The SMILES string of the molecule is NN1Cc2c(F)cccc2N=N1. The second-order valence-electron chi connectivity index (χ2n) is 2.52. The van der Waals surface area contributed by atoms with Crippen LogP contribution in [0.5, 0.6) is 0 Å².